The molecule has 1 aliphatic rings. The molecule has 1 fully saturated rings. The molecule has 76 heavy (non-hydrogen) atoms. The second-order valence-corrected chi connectivity index (χ2v) is 24.0. The second kappa shape index (κ2) is 57.2. The molecule has 0 aromatic heterocycles. The minimum atomic E-state index is -1.56. The van der Waals surface area contributed by atoms with Crippen molar-refractivity contribution in [2.75, 3.05) is 13.2 Å². The van der Waals surface area contributed by atoms with Gasteiger partial charge in [0.25, 0.3) is 0 Å². The van der Waals surface area contributed by atoms with Crippen molar-refractivity contribution in [2.45, 2.75) is 397 Å². The number of unbranched alkanes of at least 4 members (excludes halogenated alkanes) is 50. The van der Waals surface area contributed by atoms with Crippen LogP contribution in [0.5, 0.6) is 0 Å². The van der Waals surface area contributed by atoms with Crippen molar-refractivity contribution in [1.29, 1.82) is 0 Å². The normalized spacial score (nSPS) is 18.8. The smallest absolute Gasteiger partial charge is 0.220 e. The number of ether oxygens (including phenoxy) is 2. The molecule has 1 amide bonds. The maximum atomic E-state index is 13.1. The zero-order chi connectivity index (χ0) is 55.0. The maximum absolute atomic E-state index is 13.1. The molecule has 0 aliphatic carbocycles. The lowest BCUT2D eigenvalue weighted by Crippen LogP contribution is -2.60. The van der Waals surface area contributed by atoms with Gasteiger partial charge in [0.2, 0.25) is 5.91 Å². The van der Waals surface area contributed by atoms with Gasteiger partial charge in [-0.1, -0.05) is 341 Å². The molecule has 1 heterocycles. The fourth-order valence-corrected chi connectivity index (χ4v) is 11.3. The number of hydrogen-bond acceptors (Lipinski definition) is 8. The van der Waals surface area contributed by atoms with Gasteiger partial charge in [0, 0.05) is 6.42 Å². The third kappa shape index (κ3) is 45.6. The lowest BCUT2D eigenvalue weighted by Gasteiger charge is -2.40. The van der Waals surface area contributed by atoms with Crippen LogP contribution in [0.15, 0.2) is 12.2 Å². The minimum absolute atomic E-state index is 0.167. The molecule has 1 aliphatic heterocycles. The molecule has 9 nitrogen and oxygen atoms in total. The summed E-state index contributed by atoms with van der Waals surface area (Å²) in [6, 6.07) is -0.802. The van der Waals surface area contributed by atoms with Crippen molar-refractivity contribution in [3.63, 3.8) is 0 Å². The Labute approximate surface area is 471 Å². The van der Waals surface area contributed by atoms with Crippen LogP contribution in [0.25, 0.3) is 0 Å². The molecule has 452 valence electrons. The Morgan fingerprint density at radius 1 is 0.434 bits per heavy atom. The van der Waals surface area contributed by atoms with Gasteiger partial charge in [-0.2, -0.15) is 0 Å². The van der Waals surface area contributed by atoms with Crippen LogP contribution in [0.4, 0.5) is 0 Å². The van der Waals surface area contributed by atoms with E-state index in [0.29, 0.717) is 6.42 Å². The number of amides is 1. The van der Waals surface area contributed by atoms with Gasteiger partial charge in [-0.15, -0.1) is 0 Å². The number of aliphatic hydroxyl groups excluding tert-OH is 5. The lowest BCUT2D eigenvalue weighted by atomic mass is 9.99. The van der Waals surface area contributed by atoms with Crippen molar-refractivity contribution < 1.29 is 39.8 Å². The number of nitrogens with one attached hydrogen (secondary N) is 1. The van der Waals surface area contributed by atoms with E-state index in [1.807, 2.05) is 6.08 Å². The van der Waals surface area contributed by atoms with Gasteiger partial charge >= 0.3 is 0 Å². The van der Waals surface area contributed by atoms with E-state index in [2.05, 4.69) is 19.2 Å². The van der Waals surface area contributed by atoms with Crippen molar-refractivity contribution in [2.24, 2.45) is 0 Å². The van der Waals surface area contributed by atoms with Gasteiger partial charge in [-0.25, -0.2) is 0 Å². The van der Waals surface area contributed by atoms with Gasteiger partial charge in [0.1, 0.15) is 24.4 Å². The number of carbonyl (C=O) groups excluding carboxylic acids is 1. The number of aliphatic hydroxyl groups is 5. The number of hydrogen-bond donors (Lipinski definition) is 6. The first-order valence-electron chi connectivity index (χ1n) is 33.9. The Bertz CT molecular complexity index is 1200. The van der Waals surface area contributed by atoms with E-state index < -0.39 is 49.5 Å². The van der Waals surface area contributed by atoms with E-state index in [9.17, 15) is 30.3 Å². The maximum Gasteiger partial charge on any atom is 0.220 e. The lowest BCUT2D eigenvalue weighted by molar-refractivity contribution is -0.302. The summed E-state index contributed by atoms with van der Waals surface area (Å²) in [5, 5.41) is 54.7. The van der Waals surface area contributed by atoms with Crippen molar-refractivity contribution in [1.82, 2.24) is 5.32 Å². The summed E-state index contributed by atoms with van der Waals surface area (Å²) >= 11 is 0. The number of allylic oxidation sites excluding steroid dienone is 1. The molecule has 0 saturated carbocycles. The highest BCUT2D eigenvalue weighted by Crippen LogP contribution is 2.23. The molecule has 7 unspecified atom stereocenters. The standard InChI is InChI=1S/C67H131NO8/c1-3-5-7-9-11-13-15-17-19-21-23-25-27-29-30-31-32-33-34-36-38-40-42-44-46-48-50-52-54-56-61(70)60(59-75-67-66(74)65(73)64(72)62(58-69)76-67)68-63(71)57-55-53-51-49-47-45-43-41-39-37-35-28-26-24-22-20-18-16-14-12-10-8-6-4-2/h54,56,60-62,64-67,69-70,72-74H,3-53,55,57-59H2,1-2H3,(H,68,71)/b56-54+. The molecule has 9 heteroatoms. The van der Waals surface area contributed by atoms with E-state index in [0.717, 1.165) is 38.5 Å². The van der Waals surface area contributed by atoms with Gasteiger partial charge in [-0.3, -0.25) is 4.79 Å². The Hall–Kier alpha value is -1.07. The molecular formula is C67H131NO8. The van der Waals surface area contributed by atoms with Crippen LogP contribution < -0.4 is 5.32 Å². The highest BCUT2D eigenvalue weighted by Gasteiger charge is 2.44. The average Bonchev–Trinajstić information content (AvgIpc) is 3.42. The fraction of sp³-hybridized carbons (Fsp3) is 0.955. The fourth-order valence-electron chi connectivity index (χ4n) is 11.3. The van der Waals surface area contributed by atoms with Crippen LogP contribution in [0, 0.1) is 0 Å². The summed E-state index contributed by atoms with van der Waals surface area (Å²) in [5.41, 5.74) is 0. The van der Waals surface area contributed by atoms with Crippen LogP contribution in [-0.4, -0.2) is 87.5 Å². The van der Waals surface area contributed by atoms with E-state index in [1.165, 1.54) is 295 Å². The number of rotatable bonds is 60. The average molecular weight is 1080 g/mol. The van der Waals surface area contributed by atoms with Crippen LogP contribution in [0.3, 0.4) is 0 Å². The topological polar surface area (TPSA) is 149 Å². The Balaban J connectivity index is 2.14. The molecular weight excluding hydrogens is 947 g/mol. The zero-order valence-corrected chi connectivity index (χ0v) is 50.5. The van der Waals surface area contributed by atoms with Crippen molar-refractivity contribution in [3.8, 4) is 0 Å². The predicted octanol–water partition coefficient (Wildman–Crippen LogP) is 17.9. The van der Waals surface area contributed by atoms with Crippen molar-refractivity contribution >= 4 is 5.91 Å². The molecule has 6 N–H and O–H groups in total. The van der Waals surface area contributed by atoms with Gasteiger partial charge in [-0.05, 0) is 19.3 Å². The summed E-state index contributed by atoms with van der Waals surface area (Å²) in [6.07, 6.45) is 66.0. The quantitative estimate of drug-likeness (QED) is 0.0261. The van der Waals surface area contributed by atoms with Crippen molar-refractivity contribution in [3.05, 3.63) is 12.2 Å². The first-order chi connectivity index (χ1) is 37.3. The molecule has 0 radical (unpaired) electrons. The first kappa shape index (κ1) is 72.9. The van der Waals surface area contributed by atoms with E-state index in [1.54, 1.807) is 6.08 Å². The molecule has 1 rings (SSSR count). The van der Waals surface area contributed by atoms with Crippen LogP contribution in [-0.2, 0) is 14.3 Å². The molecule has 0 bridgehead atoms. The monoisotopic (exact) mass is 1080 g/mol. The number of carbonyl (C=O) groups is 1. The molecule has 7 atom stereocenters. The van der Waals surface area contributed by atoms with Crippen LogP contribution in [0.1, 0.15) is 354 Å². The first-order valence-corrected chi connectivity index (χ1v) is 33.9. The summed E-state index contributed by atoms with van der Waals surface area (Å²) in [5.74, 6) is -0.167. The molecule has 1 saturated heterocycles. The van der Waals surface area contributed by atoms with E-state index in [4.69, 9.17) is 9.47 Å². The van der Waals surface area contributed by atoms with Crippen LogP contribution in [0.2, 0.25) is 0 Å². The Morgan fingerprint density at radius 2 is 0.724 bits per heavy atom. The minimum Gasteiger partial charge on any atom is -0.394 e. The third-order valence-electron chi connectivity index (χ3n) is 16.6. The summed E-state index contributed by atoms with van der Waals surface area (Å²) in [7, 11) is 0. The van der Waals surface area contributed by atoms with Gasteiger partial charge < -0.3 is 40.3 Å². The Morgan fingerprint density at radius 3 is 1.03 bits per heavy atom. The summed E-state index contributed by atoms with van der Waals surface area (Å²) in [4.78, 5) is 13.1. The third-order valence-corrected chi connectivity index (χ3v) is 16.6. The SMILES string of the molecule is CCCCCCCCCCCCCCCCCCCCCCCCCCCCC/C=C/C(O)C(COC1OC(CO)C(O)C(O)C1O)NC(=O)CCCCCCCCCCCCCCCCCCCCCCCCCC. The summed E-state index contributed by atoms with van der Waals surface area (Å²) < 4.78 is 11.3. The van der Waals surface area contributed by atoms with E-state index >= 15 is 0 Å². The zero-order valence-electron chi connectivity index (χ0n) is 50.5. The molecule has 0 aromatic carbocycles. The van der Waals surface area contributed by atoms with E-state index in [-0.39, 0.29) is 12.5 Å². The second-order valence-electron chi connectivity index (χ2n) is 24.0. The van der Waals surface area contributed by atoms with Crippen LogP contribution >= 0.6 is 0 Å². The Kier molecular flexibility index (Phi) is 54.9. The van der Waals surface area contributed by atoms with Gasteiger partial charge in [0.05, 0.1) is 25.4 Å². The summed E-state index contributed by atoms with van der Waals surface area (Å²) in [6.45, 7) is 3.84. The largest absolute Gasteiger partial charge is 0.394 e. The highest BCUT2D eigenvalue weighted by atomic mass is 16.7. The molecule has 0 aromatic rings. The predicted molar refractivity (Wildman–Crippen MR) is 323 cm³/mol. The molecule has 0 spiro atoms. The van der Waals surface area contributed by atoms with Gasteiger partial charge in [0.15, 0.2) is 6.29 Å². The highest BCUT2D eigenvalue weighted by molar-refractivity contribution is 5.76.